The summed E-state index contributed by atoms with van der Waals surface area (Å²) in [6.07, 6.45) is 0. The molecule has 0 N–H and O–H groups in total. The van der Waals surface area contributed by atoms with Crippen LogP contribution in [-0.2, 0) is 0 Å². The number of para-hydroxylation sites is 1. The first kappa shape index (κ1) is 12.6. The lowest BCUT2D eigenvalue weighted by molar-refractivity contribution is 0.101. The molecule has 100 valence electrons. The van der Waals surface area contributed by atoms with Crippen molar-refractivity contribution >= 4 is 16.8 Å². The molecule has 3 heteroatoms. The Morgan fingerprint density at radius 2 is 1.90 bits per heavy atom. The molecule has 2 nitrogen and oxygen atoms in total. The normalized spacial score (nSPS) is 10.9. The molecule has 20 heavy (non-hydrogen) atoms. The molecule has 0 aliphatic carbocycles. The molecule has 1 aromatic heterocycles. The van der Waals surface area contributed by atoms with Gasteiger partial charge in [-0.2, -0.15) is 0 Å². The van der Waals surface area contributed by atoms with Crippen molar-refractivity contribution in [2.45, 2.75) is 13.8 Å². The summed E-state index contributed by atoms with van der Waals surface area (Å²) in [5.41, 5.74) is 2.50. The second-order valence-electron chi connectivity index (χ2n) is 4.92. The van der Waals surface area contributed by atoms with Gasteiger partial charge in [0.2, 0.25) is 5.78 Å². The topological polar surface area (TPSA) is 30.2 Å². The number of furan rings is 1. The number of carbonyl (C=O) groups excluding carboxylic acids is 1. The number of ketones is 1. The Morgan fingerprint density at radius 1 is 1.10 bits per heavy atom. The van der Waals surface area contributed by atoms with Crippen LogP contribution in [0.15, 0.2) is 46.9 Å². The van der Waals surface area contributed by atoms with Crippen molar-refractivity contribution in [1.82, 2.24) is 0 Å². The van der Waals surface area contributed by atoms with Crippen molar-refractivity contribution in [3.63, 3.8) is 0 Å². The molecule has 0 aliphatic heterocycles. The van der Waals surface area contributed by atoms with Gasteiger partial charge in [-0.3, -0.25) is 4.79 Å². The minimum Gasteiger partial charge on any atom is -0.452 e. The standard InChI is InChI=1S/C17H13FO2/c1-10-6-7-14(18)13(8-10)16(19)15-9-12-5-3-4-11(2)17(12)20-15/h3-9H,1-2H3. The van der Waals surface area contributed by atoms with Crippen LogP contribution in [0.5, 0.6) is 0 Å². The fourth-order valence-electron chi connectivity index (χ4n) is 2.27. The fourth-order valence-corrected chi connectivity index (χ4v) is 2.27. The number of fused-ring (bicyclic) bond motifs is 1. The Bertz CT molecular complexity index is 815. The molecule has 0 atom stereocenters. The summed E-state index contributed by atoms with van der Waals surface area (Å²) < 4.78 is 19.4. The van der Waals surface area contributed by atoms with E-state index in [0.29, 0.717) is 5.58 Å². The van der Waals surface area contributed by atoms with Crippen molar-refractivity contribution in [2.75, 3.05) is 0 Å². The molecule has 0 saturated heterocycles. The van der Waals surface area contributed by atoms with Gasteiger partial charge in [0.05, 0.1) is 5.56 Å². The van der Waals surface area contributed by atoms with Crippen LogP contribution in [0, 0.1) is 19.7 Å². The van der Waals surface area contributed by atoms with E-state index in [1.54, 1.807) is 12.1 Å². The van der Waals surface area contributed by atoms with E-state index in [2.05, 4.69) is 0 Å². The number of rotatable bonds is 2. The third-order valence-electron chi connectivity index (χ3n) is 3.33. The summed E-state index contributed by atoms with van der Waals surface area (Å²) in [5.74, 6) is -0.793. The highest BCUT2D eigenvalue weighted by molar-refractivity contribution is 6.09. The molecule has 3 rings (SSSR count). The lowest BCUT2D eigenvalue weighted by Crippen LogP contribution is -2.03. The van der Waals surface area contributed by atoms with Crippen LogP contribution in [-0.4, -0.2) is 5.78 Å². The first-order valence-corrected chi connectivity index (χ1v) is 6.36. The van der Waals surface area contributed by atoms with Gasteiger partial charge in [0, 0.05) is 5.39 Å². The van der Waals surface area contributed by atoms with Crippen LogP contribution in [0.1, 0.15) is 27.2 Å². The van der Waals surface area contributed by atoms with Gasteiger partial charge < -0.3 is 4.42 Å². The molecule has 0 radical (unpaired) electrons. The summed E-state index contributed by atoms with van der Waals surface area (Å²) in [7, 11) is 0. The first-order valence-electron chi connectivity index (χ1n) is 6.36. The molecule has 0 unspecified atom stereocenters. The zero-order chi connectivity index (χ0) is 14.3. The number of halogens is 1. The molecule has 0 fully saturated rings. The van der Waals surface area contributed by atoms with Gasteiger partial charge in [0.15, 0.2) is 5.76 Å². The van der Waals surface area contributed by atoms with Gasteiger partial charge in [-0.25, -0.2) is 4.39 Å². The zero-order valence-corrected chi connectivity index (χ0v) is 11.2. The van der Waals surface area contributed by atoms with Crippen LogP contribution in [0.2, 0.25) is 0 Å². The van der Waals surface area contributed by atoms with Crippen LogP contribution in [0.25, 0.3) is 11.0 Å². The third-order valence-corrected chi connectivity index (χ3v) is 3.33. The Hall–Kier alpha value is -2.42. The Kier molecular flexibility index (Phi) is 2.90. The van der Waals surface area contributed by atoms with Gasteiger partial charge in [-0.1, -0.05) is 29.8 Å². The lowest BCUT2D eigenvalue weighted by Gasteiger charge is -2.01. The maximum Gasteiger partial charge on any atom is 0.231 e. The fraction of sp³-hybridized carbons (Fsp3) is 0.118. The molecular formula is C17H13FO2. The summed E-state index contributed by atoms with van der Waals surface area (Å²) in [4.78, 5) is 12.4. The monoisotopic (exact) mass is 268 g/mol. The van der Waals surface area contributed by atoms with Gasteiger partial charge in [0.1, 0.15) is 11.4 Å². The number of aryl methyl sites for hydroxylation is 2. The SMILES string of the molecule is Cc1ccc(F)c(C(=O)c2cc3cccc(C)c3o2)c1. The average molecular weight is 268 g/mol. The smallest absolute Gasteiger partial charge is 0.231 e. The quantitative estimate of drug-likeness (QED) is 0.644. The van der Waals surface area contributed by atoms with Crippen LogP contribution in [0.3, 0.4) is 0 Å². The second-order valence-corrected chi connectivity index (χ2v) is 4.92. The van der Waals surface area contributed by atoms with Gasteiger partial charge in [0.25, 0.3) is 0 Å². The Labute approximate surface area is 115 Å². The minimum atomic E-state index is -0.530. The van der Waals surface area contributed by atoms with E-state index in [1.807, 2.05) is 32.0 Å². The van der Waals surface area contributed by atoms with E-state index >= 15 is 0 Å². The third kappa shape index (κ3) is 2.01. The van der Waals surface area contributed by atoms with E-state index in [-0.39, 0.29) is 11.3 Å². The Morgan fingerprint density at radius 3 is 2.65 bits per heavy atom. The van der Waals surface area contributed by atoms with E-state index < -0.39 is 11.6 Å². The summed E-state index contributed by atoms with van der Waals surface area (Å²) in [6, 6.07) is 11.8. The van der Waals surface area contributed by atoms with E-state index in [4.69, 9.17) is 4.42 Å². The van der Waals surface area contributed by atoms with Crippen molar-refractivity contribution in [2.24, 2.45) is 0 Å². The molecular weight excluding hydrogens is 255 g/mol. The molecule has 0 amide bonds. The molecule has 0 spiro atoms. The highest BCUT2D eigenvalue weighted by Crippen LogP contribution is 2.25. The van der Waals surface area contributed by atoms with Crippen LogP contribution >= 0.6 is 0 Å². The summed E-state index contributed by atoms with van der Waals surface area (Å²) in [5, 5.41) is 0.849. The summed E-state index contributed by atoms with van der Waals surface area (Å²) in [6.45, 7) is 3.73. The zero-order valence-electron chi connectivity index (χ0n) is 11.2. The first-order chi connectivity index (χ1) is 9.56. The van der Waals surface area contributed by atoms with Gasteiger partial charge >= 0.3 is 0 Å². The minimum absolute atomic E-state index is 0.0432. The van der Waals surface area contributed by atoms with Crippen molar-refractivity contribution < 1.29 is 13.6 Å². The Balaban J connectivity index is 2.13. The highest BCUT2D eigenvalue weighted by atomic mass is 19.1. The summed E-state index contributed by atoms with van der Waals surface area (Å²) >= 11 is 0. The maximum atomic E-state index is 13.8. The average Bonchev–Trinajstić information content (AvgIpc) is 2.86. The molecule has 3 aromatic rings. The second kappa shape index (κ2) is 4.60. The van der Waals surface area contributed by atoms with E-state index in [0.717, 1.165) is 16.5 Å². The van der Waals surface area contributed by atoms with Crippen molar-refractivity contribution in [1.29, 1.82) is 0 Å². The maximum absolute atomic E-state index is 13.8. The van der Waals surface area contributed by atoms with E-state index in [1.165, 1.54) is 12.1 Å². The molecule has 2 aromatic carbocycles. The molecule has 0 bridgehead atoms. The molecule has 0 aliphatic rings. The number of hydrogen-bond donors (Lipinski definition) is 0. The van der Waals surface area contributed by atoms with E-state index in [9.17, 15) is 9.18 Å². The molecule has 1 heterocycles. The van der Waals surface area contributed by atoms with Crippen LogP contribution in [0.4, 0.5) is 4.39 Å². The number of carbonyl (C=O) groups is 1. The van der Waals surface area contributed by atoms with Gasteiger partial charge in [-0.15, -0.1) is 0 Å². The predicted octanol–water partition coefficient (Wildman–Crippen LogP) is 4.42. The number of benzene rings is 2. The van der Waals surface area contributed by atoms with Crippen molar-refractivity contribution in [3.05, 3.63) is 70.7 Å². The van der Waals surface area contributed by atoms with Gasteiger partial charge in [-0.05, 0) is 37.6 Å². The number of hydrogen-bond acceptors (Lipinski definition) is 2. The van der Waals surface area contributed by atoms with Crippen LogP contribution < -0.4 is 0 Å². The predicted molar refractivity (Wildman–Crippen MR) is 75.5 cm³/mol. The highest BCUT2D eigenvalue weighted by Gasteiger charge is 2.18. The van der Waals surface area contributed by atoms with Crippen molar-refractivity contribution in [3.8, 4) is 0 Å². The molecule has 0 saturated carbocycles. The largest absolute Gasteiger partial charge is 0.452 e. The lowest BCUT2D eigenvalue weighted by atomic mass is 10.1.